The van der Waals surface area contributed by atoms with Gasteiger partial charge < -0.3 is 0 Å². The molecule has 4 aromatic heterocycles. The Hall–Kier alpha value is -6.00. The van der Waals surface area contributed by atoms with Crippen LogP contribution in [0.4, 0.5) is 0 Å². The number of fused-ring (bicyclic) bond motifs is 8. The van der Waals surface area contributed by atoms with Gasteiger partial charge in [-0.3, -0.25) is 9.97 Å². The highest BCUT2D eigenvalue weighted by atomic mass is 14.9. The first-order chi connectivity index (χ1) is 26.7. The third kappa shape index (κ3) is 5.49. The van der Waals surface area contributed by atoms with Gasteiger partial charge in [0, 0.05) is 73.4 Å². The summed E-state index contributed by atoms with van der Waals surface area (Å²) < 4.78 is 4.55. The van der Waals surface area contributed by atoms with E-state index >= 15 is 0 Å². The van der Waals surface area contributed by atoms with Crippen molar-refractivity contribution in [2.75, 3.05) is 0 Å². The van der Waals surface area contributed by atoms with Crippen molar-refractivity contribution in [2.24, 2.45) is 14.1 Å². The van der Waals surface area contributed by atoms with Crippen LogP contribution in [-0.4, -0.2) is 9.97 Å². The third-order valence-electron chi connectivity index (χ3n) is 12.5. The molecule has 56 heavy (non-hydrogen) atoms. The van der Waals surface area contributed by atoms with Crippen LogP contribution in [0.15, 0.2) is 121 Å². The number of aryl methyl sites for hydroxylation is 6. The van der Waals surface area contributed by atoms with Crippen LogP contribution in [0, 0.1) is 27.7 Å². The largest absolute Gasteiger partial charge is 0.257 e. The minimum absolute atomic E-state index is 0.0887. The van der Waals surface area contributed by atoms with Gasteiger partial charge in [-0.1, -0.05) is 82.3 Å². The van der Waals surface area contributed by atoms with E-state index in [0.717, 1.165) is 11.4 Å². The molecule has 0 saturated heterocycles. The Labute approximate surface area is 331 Å². The summed E-state index contributed by atoms with van der Waals surface area (Å²) in [5, 5.41) is 3.80. The number of aromatic nitrogens is 4. The lowest BCUT2D eigenvalue weighted by Crippen LogP contribution is -2.32. The van der Waals surface area contributed by atoms with Crippen LogP contribution in [0.25, 0.3) is 66.4 Å². The normalized spacial score (nSPS) is 14.2. The highest BCUT2D eigenvalue weighted by molar-refractivity contribution is 5.87. The molecule has 0 unspecified atom stereocenters. The Balaban J connectivity index is 0.000000146. The van der Waals surface area contributed by atoms with Gasteiger partial charge >= 0.3 is 0 Å². The molecule has 4 heterocycles. The van der Waals surface area contributed by atoms with Crippen LogP contribution < -0.4 is 9.13 Å². The zero-order valence-electron chi connectivity index (χ0n) is 34.3. The van der Waals surface area contributed by atoms with E-state index in [0.29, 0.717) is 0 Å². The highest BCUT2D eigenvalue weighted by Gasteiger charge is 2.39. The molecule has 0 atom stereocenters. The summed E-state index contributed by atoms with van der Waals surface area (Å²) >= 11 is 0. The topological polar surface area (TPSA) is 33.5 Å². The van der Waals surface area contributed by atoms with Gasteiger partial charge in [0.15, 0.2) is 6.20 Å². The van der Waals surface area contributed by atoms with Gasteiger partial charge in [-0.2, -0.15) is 4.57 Å². The molecule has 8 aromatic rings. The molecule has 0 fully saturated rings. The molecule has 0 amide bonds. The number of hydrogen-bond acceptors (Lipinski definition) is 2. The van der Waals surface area contributed by atoms with Gasteiger partial charge in [-0.05, 0) is 109 Å². The predicted octanol–water partition coefficient (Wildman–Crippen LogP) is 11.3. The van der Waals surface area contributed by atoms with Gasteiger partial charge in [0.2, 0.25) is 16.9 Å². The second-order valence-electron chi connectivity index (χ2n) is 17.1. The zero-order chi connectivity index (χ0) is 39.3. The van der Waals surface area contributed by atoms with Crippen molar-refractivity contribution in [2.45, 2.75) is 66.2 Å². The smallest absolute Gasteiger partial charge is 0.213 e. The van der Waals surface area contributed by atoms with Gasteiger partial charge in [-0.25, -0.2) is 4.57 Å². The molecular weight excluding hydrogens is 681 g/mol. The van der Waals surface area contributed by atoms with Crippen molar-refractivity contribution < 1.29 is 9.13 Å². The fourth-order valence-corrected chi connectivity index (χ4v) is 9.37. The molecule has 0 spiro atoms. The first kappa shape index (κ1) is 35.7. The van der Waals surface area contributed by atoms with Gasteiger partial charge in [0.25, 0.3) is 0 Å². The Morgan fingerprint density at radius 3 is 1.52 bits per heavy atom. The molecule has 10 rings (SSSR count). The summed E-state index contributed by atoms with van der Waals surface area (Å²) in [5.41, 5.74) is 21.3. The maximum absolute atomic E-state index is 4.91. The Kier molecular flexibility index (Phi) is 8.14. The standard InChI is InChI=1S/2C26H25N2/c1-16-14-21-19-12-10-17(2)27-25(19)26(3,4)22(21)15-20(16)24-13-11-18-8-6-7-9-23(18)28(24)5;1-16-12-22-20-11-10-17(2)27-25(20)26(3,4)23(22)14-21(16)24-13-18-8-6-7-9-19(18)15-28(24)5/h2*6-15H,1-5H3/q2*+1. The number of hydrogen-bond donors (Lipinski definition) is 0. The molecule has 0 radical (unpaired) electrons. The maximum atomic E-state index is 4.91. The number of rotatable bonds is 2. The van der Waals surface area contributed by atoms with E-state index in [-0.39, 0.29) is 10.8 Å². The Morgan fingerprint density at radius 2 is 0.946 bits per heavy atom. The van der Waals surface area contributed by atoms with Crippen LogP contribution >= 0.6 is 0 Å². The van der Waals surface area contributed by atoms with Crippen molar-refractivity contribution in [3.63, 3.8) is 0 Å². The molecule has 4 heteroatoms. The van der Waals surface area contributed by atoms with Crippen LogP contribution in [0.1, 0.15) is 72.7 Å². The van der Waals surface area contributed by atoms with Crippen molar-refractivity contribution in [1.29, 1.82) is 0 Å². The van der Waals surface area contributed by atoms with Gasteiger partial charge in [0.05, 0.1) is 11.4 Å². The second-order valence-corrected chi connectivity index (χ2v) is 17.1. The lowest BCUT2D eigenvalue weighted by atomic mass is 9.83. The minimum Gasteiger partial charge on any atom is -0.257 e. The van der Waals surface area contributed by atoms with Crippen LogP contribution in [0.2, 0.25) is 0 Å². The summed E-state index contributed by atoms with van der Waals surface area (Å²) in [5.74, 6) is 0. The summed E-state index contributed by atoms with van der Waals surface area (Å²) in [6.45, 7) is 17.8. The molecule has 2 aliphatic rings. The zero-order valence-corrected chi connectivity index (χ0v) is 34.3. The number of para-hydroxylation sites is 1. The third-order valence-corrected chi connectivity index (χ3v) is 12.5. The van der Waals surface area contributed by atoms with Gasteiger partial charge in [0.1, 0.15) is 14.1 Å². The van der Waals surface area contributed by atoms with E-state index in [2.05, 4.69) is 200 Å². The summed E-state index contributed by atoms with van der Waals surface area (Å²) in [4.78, 5) is 9.81. The summed E-state index contributed by atoms with van der Waals surface area (Å²) in [6, 6.07) is 42.1. The first-order valence-corrected chi connectivity index (χ1v) is 19.8. The SMILES string of the molecule is Cc1ccc2c(n1)C(C)(C)c1cc(-c3cc4ccccc4c[n+]3C)c(C)cc1-2.Cc1ccc2c(n1)C(C)(C)c1cc(-c3ccc4ccccc4[n+]3C)c(C)cc1-2. The fraction of sp³-hybridized carbons (Fsp3) is 0.231. The molecule has 0 bridgehead atoms. The quantitative estimate of drug-likeness (QED) is 0.166. The molecule has 0 saturated carbocycles. The fourth-order valence-electron chi connectivity index (χ4n) is 9.37. The van der Waals surface area contributed by atoms with Crippen molar-refractivity contribution >= 4 is 21.7 Å². The molecule has 0 aliphatic heterocycles. The summed E-state index contributed by atoms with van der Waals surface area (Å²) in [7, 11) is 4.30. The summed E-state index contributed by atoms with van der Waals surface area (Å²) in [6.07, 6.45) is 2.22. The molecule has 276 valence electrons. The lowest BCUT2D eigenvalue weighted by Gasteiger charge is -2.21. The van der Waals surface area contributed by atoms with Crippen molar-refractivity contribution in [3.05, 3.63) is 166 Å². The predicted molar refractivity (Wildman–Crippen MR) is 231 cm³/mol. The molecule has 4 aromatic carbocycles. The van der Waals surface area contributed by atoms with Crippen LogP contribution in [-0.2, 0) is 24.9 Å². The van der Waals surface area contributed by atoms with Crippen LogP contribution in [0.3, 0.4) is 0 Å². The minimum atomic E-state index is -0.0887. The number of benzene rings is 4. The van der Waals surface area contributed by atoms with Crippen LogP contribution in [0.5, 0.6) is 0 Å². The molecular formula is C52H50N4+2. The monoisotopic (exact) mass is 730 g/mol. The molecule has 4 nitrogen and oxygen atoms in total. The van der Waals surface area contributed by atoms with Crippen molar-refractivity contribution in [1.82, 2.24) is 9.97 Å². The lowest BCUT2D eigenvalue weighted by molar-refractivity contribution is -0.659. The number of nitrogens with zero attached hydrogens (tertiary/aromatic N) is 4. The second kappa shape index (κ2) is 12.8. The average molecular weight is 731 g/mol. The van der Waals surface area contributed by atoms with E-state index in [9.17, 15) is 0 Å². The Morgan fingerprint density at radius 1 is 0.446 bits per heavy atom. The average Bonchev–Trinajstić information content (AvgIpc) is 3.51. The van der Waals surface area contributed by atoms with E-state index in [4.69, 9.17) is 9.97 Å². The van der Waals surface area contributed by atoms with E-state index < -0.39 is 0 Å². The molecule has 0 N–H and O–H groups in total. The molecule has 2 aliphatic carbocycles. The Bertz CT molecular complexity index is 2810. The maximum Gasteiger partial charge on any atom is 0.213 e. The van der Waals surface area contributed by atoms with E-state index in [1.165, 1.54) is 100 Å². The van der Waals surface area contributed by atoms with E-state index in [1.54, 1.807) is 0 Å². The number of pyridine rings is 4. The highest BCUT2D eigenvalue weighted by Crippen LogP contribution is 2.51. The first-order valence-electron chi connectivity index (χ1n) is 19.8. The van der Waals surface area contributed by atoms with Gasteiger partial charge in [-0.15, -0.1) is 0 Å². The van der Waals surface area contributed by atoms with Crippen molar-refractivity contribution in [3.8, 4) is 44.8 Å². The van der Waals surface area contributed by atoms with E-state index in [1.807, 2.05) is 0 Å².